The molecule has 0 aromatic heterocycles. The van der Waals surface area contributed by atoms with Gasteiger partial charge < -0.3 is 42.1 Å². The summed E-state index contributed by atoms with van der Waals surface area (Å²) < 4.78 is 31.6. The van der Waals surface area contributed by atoms with Crippen LogP contribution in [0.25, 0.3) is 0 Å². The zero-order valence-corrected chi connectivity index (χ0v) is 14.0. The minimum absolute atomic E-state index is 0. The normalized spacial score (nSPS) is 5.88. The molecule has 0 fully saturated rings. The predicted octanol–water partition coefficient (Wildman–Crippen LogP) is -12.8. The van der Waals surface area contributed by atoms with Crippen LogP contribution >= 0.6 is 8.60 Å². The van der Waals surface area contributed by atoms with Crippen LogP contribution in [0.3, 0.4) is 0 Å². The summed E-state index contributed by atoms with van der Waals surface area (Å²) in [6, 6.07) is 0. The van der Waals surface area contributed by atoms with E-state index in [-0.39, 0.29) is 86.5 Å². The summed E-state index contributed by atoms with van der Waals surface area (Å²) in [4.78, 5) is 24.2. The smallest absolute Gasteiger partial charge is 0.820 e. The quantitative estimate of drug-likeness (QED) is 0.220. The SMILES string of the molecule is O.O.O.O.O.O=S(=O)(O)O.[Na+].[Na+].[O-]P([O-])O. The Morgan fingerprint density at radius 3 is 0.812 bits per heavy atom. The zero-order valence-electron chi connectivity index (χ0n) is 8.33. The summed E-state index contributed by atoms with van der Waals surface area (Å²) in [7, 11) is -7.79. The largest absolute Gasteiger partial charge is 1.00 e. The Kier molecular flexibility index (Phi) is 145. The van der Waals surface area contributed by atoms with Gasteiger partial charge >= 0.3 is 69.5 Å². The average Bonchev–Trinajstić information content (AvgIpc) is 1.19. The Labute approximate surface area is 136 Å². The molecule has 0 aliphatic carbocycles. The molecule has 0 heterocycles. The minimum atomic E-state index is -4.67. The first-order valence-electron chi connectivity index (χ1n) is 1.26. The van der Waals surface area contributed by atoms with Gasteiger partial charge in [-0.25, -0.2) is 0 Å². The van der Waals surface area contributed by atoms with Gasteiger partial charge in [-0.2, -0.15) is 17.0 Å². The number of hydrogen-bond acceptors (Lipinski definition) is 5. The second-order valence-corrected chi connectivity index (χ2v) is 2.06. The molecule has 0 unspecified atom stereocenters. The van der Waals surface area contributed by atoms with E-state index in [0.717, 1.165) is 0 Å². The van der Waals surface area contributed by atoms with Crippen LogP contribution < -0.4 is 68.9 Å². The Hall–Kier alpha value is 1.98. The van der Waals surface area contributed by atoms with Gasteiger partial charge in [0.2, 0.25) is 0 Å². The second-order valence-electron chi connectivity index (χ2n) is 0.686. The molecule has 16 heteroatoms. The van der Waals surface area contributed by atoms with Crippen LogP contribution in [0.15, 0.2) is 0 Å². The van der Waals surface area contributed by atoms with Crippen molar-refractivity contribution >= 4 is 19.0 Å². The van der Waals surface area contributed by atoms with Gasteiger partial charge in [0.15, 0.2) is 0 Å². The Balaban J connectivity index is -0.00000000614. The number of rotatable bonds is 0. The van der Waals surface area contributed by atoms with Crippen LogP contribution in [-0.2, 0) is 10.4 Å². The van der Waals surface area contributed by atoms with Gasteiger partial charge in [0.25, 0.3) is 0 Å². The molecule has 0 radical (unpaired) electrons. The molecular weight excluding hydrogens is 301 g/mol. The van der Waals surface area contributed by atoms with E-state index >= 15 is 0 Å². The van der Waals surface area contributed by atoms with Crippen LogP contribution in [-0.4, -0.2) is 49.8 Å². The van der Waals surface area contributed by atoms with Gasteiger partial charge in [0, 0.05) is 0 Å². The van der Waals surface area contributed by atoms with Gasteiger partial charge in [0.05, 0.1) is 0 Å². The zero-order chi connectivity index (χ0) is 8.08. The van der Waals surface area contributed by atoms with E-state index in [9.17, 15) is 0 Å². The third-order valence-corrected chi connectivity index (χ3v) is 0. The standard InChI is InChI=1S/2Na.H2O4S.HO3P.5H2O/c;;1-5(2,3)4;1-4(2)3;;;;;/h;;(H2,1,2,3,4);1H;5*1H2/q2*+1;;-2;;;;;. The van der Waals surface area contributed by atoms with Crippen molar-refractivity contribution in [3.63, 3.8) is 0 Å². The Bertz CT molecular complexity index is 130. The van der Waals surface area contributed by atoms with Crippen molar-refractivity contribution in [1.82, 2.24) is 0 Å². The van der Waals surface area contributed by atoms with Crippen LogP contribution in [0.2, 0.25) is 0 Å². The molecule has 13 N–H and O–H groups in total. The van der Waals surface area contributed by atoms with Crippen molar-refractivity contribution in [2.45, 2.75) is 0 Å². The summed E-state index contributed by atoms with van der Waals surface area (Å²) in [5.74, 6) is 0. The first kappa shape index (κ1) is 64.3. The van der Waals surface area contributed by atoms with Crippen LogP contribution in [0.5, 0.6) is 0 Å². The molecule has 0 aromatic rings. The van der Waals surface area contributed by atoms with Crippen molar-refractivity contribution in [3.8, 4) is 0 Å². The van der Waals surface area contributed by atoms with Crippen molar-refractivity contribution in [3.05, 3.63) is 0 Å². The molecule has 0 bridgehead atoms. The van der Waals surface area contributed by atoms with E-state index in [0.29, 0.717) is 0 Å². The van der Waals surface area contributed by atoms with E-state index in [1.807, 2.05) is 0 Å². The van der Waals surface area contributed by atoms with E-state index < -0.39 is 19.0 Å². The van der Waals surface area contributed by atoms with Crippen molar-refractivity contribution in [2.75, 3.05) is 0 Å². The summed E-state index contributed by atoms with van der Waals surface area (Å²) in [6.45, 7) is 0. The first-order valence-corrected chi connectivity index (χ1v) is 3.79. The summed E-state index contributed by atoms with van der Waals surface area (Å²) in [6.07, 6.45) is 0. The minimum Gasteiger partial charge on any atom is -0.820 e. The van der Waals surface area contributed by atoms with Gasteiger partial charge in [-0.05, 0) is 0 Å². The summed E-state index contributed by atoms with van der Waals surface area (Å²) in [5.41, 5.74) is 0. The van der Waals surface area contributed by atoms with Gasteiger partial charge in [-0.3, -0.25) is 9.11 Å². The summed E-state index contributed by atoms with van der Waals surface area (Å²) >= 11 is 0. The fourth-order valence-corrected chi connectivity index (χ4v) is 0. The molecule has 98 valence electrons. The first-order chi connectivity index (χ1) is 3.73. The molecule has 0 rings (SSSR count). The maximum absolute atomic E-state index is 8.74. The van der Waals surface area contributed by atoms with Crippen LogP contribution in [0.4, 0.5) is 0 Å². The molecular formula is H13Na2O12PS. The fourth-order valence-electron chi connectivity index (χ4n) is 0. The van der Waals surface area contributed by atoms with E-state index in [1.165, 1.54) is 0 Å². The van der Waals surface area contributed by atoms with Crippen molar-refractivity contribution < 1.29 is 119 Å². The van der Waals surface area contributed by atoms with Crippen molar-refractivity contribution in [1.29, 1.82) is 0 Å². The Morgan fingerprint density at radius 1 is 0.812 bits per heavy atom. The third kappa shape index (κ3) is 915. The third-order valence-electron chi connectivity index (χ3n) is 0. The molecule has 0 aromatic carbocycles. The van der Waals surface area contributed by atoms with E-state index in [2.05, 4.69) is 0 Å². The van der Waals surface area contributed by atoms with Crippen molar-refractivity contribution in [2.24, 2.45) is 0 Å². The number of hydrogen-bond donors (Lipinski definition) is 3. The molecule has 0 atom stereocenters. The molecule has 0 aliphatic rings. The Morgan fingerprint density at radius 2 is 0.812 bits per heavy atom. The molecule has 12 nitrogen and oxygen atoms in total. The average molecular weight is 314 g/mol. The molecule has 0 spiro atoms. The van der Waals surface area contributed by atoms with Crippen LogP contribution in [0.1, 0.15) is 0 Å². The monoisotopic (exact) mass is 314 g/mol. The molecule has 0 saturated carbocycles. The van der Waals surface area contributed by atoms with E-state index in [1.54, 1.807) is 0 Å². The summed E-state index contributed by atoms with van der Waals surface area (Å²) in [5, 5.41) is 0. The van der Waals surface area contributed by atoms with Gasteiger partial charge in [0.1, 0.15) is 0 Å². The molecule has 0 amide bonds. The maximum Gasteiger partial charge on any atom is 1.00 e. The predicted molar refractivity (Wildman–Crippen MR) is 41.4 cm³/mol. The topological polar surface area (TPSA) is 298 Å². The molecule has 0 saturated heterocycles. The second kappa shape index (κ2) is 36.0. The molecule has 16 heavy (non-hydrogen) atoms. The fraction of sp³-hybridized carbons (Fsp3) is 0. The van der Waals surface area contributed by atoms with Crippen LogP contribution in [0, 0.1) is 0 Å². The maximum atomic E-state index is 8.74. The van der Waals surface area contributed by atoms with E-state index in [4.69, 9.17) is 32.2 Å². The molecule has 0 aliphatic heterocycles. The van der Waals surface area contributed by atoms with Gasteiger partial charge in [-0.15, -0.1) is 0 Å². The van der Waals surface area contributed by atoms with Gasteiger partial charge in [-0.1, -0.05) is 0 Å².